The van der Waals surface area contributed by atoms with Crippen molar-refractivity contribution >= 4 is 22.3 Å². The zero-order chi connectivity index (χ0) is 15.5. The quantitative estimate of drug-likeness (QED) is 0.797. The van der Waals surface area contributed by atoms with Gasteiger partial charge in [0.2, 0.25) is 0 Å². The molecule has 0 unspecified atom stereocenters. The van der Waals surface area contributed by atoms with Crippen molar-refractivity contribution in [1.82, 2.24) is 9.97 Å². The first-order valence-corrected chi connectivity index (χ1v) is 7.35. The van der Waals surface area contributed by atoms with Gasteiger partial charge in [0.25, 0.3) is 0 Å². The number of hydrogen-bond donors (Lipinski definition) is 1. The van der Waals surface area contributed by atoms with Crippen molar-refractivity contribution in [2.45, 2.75) is 13.5 Å². The van der Waals surface area contributed by atoms with Gasteiger partial charge in [0.15, 0.2) is 0 Å². The van der Waals surface area contributed by atoms with Gasteiger partial charge in [-0.2, -0.15) is 0 Å². The number of pyridine rings is 2. The number of rotatable bonds is 4. The third-order valence-corrected chi connectivity index (χ3v) is 3.76. The molecule has 2 aromatic heterocycles. The maximum absolute atomic E-state index is 4.63. The molecule has 4 heteroatoms. The number of benzene rings is 1. The highest BCUT2D eigenvalue weighted by Crippen LogP contribution is 2.31. The zero-order valence-corrected chi connectivity index (χ0v) is 13.2. The fraction of sp³-hybridized carbons (Fsp3) is 0.222. The molecule has 1 N–H and O–H groups in total. The molecule has 112 valence electrons. The van der Waals surface area contributed by atoms with Crippen molar-refractivity contribution in [2.24, 2.45) is 0 Å². The molecular weight excluding hydrogens is 272 g/mol. The topological polar surface area (TPSA) is 41.1 Å². The van der Waals surface area contributed by atoms with E-state index in [0.29, 0.717) is 0 Å². The van der Waals surface area contributed by atoms with Crippen molar-refractivity contribution in [1.29, 1.82) is 0 Å². The minimum atomic E-state index is 0.758. The number of anilines is 2. The summed E-state index contributed by atoms with van der Waals surface area (Å²) in [6, 6.07) is 10.4. The highest BCUT2D eigenvalue weighted by Gasteiger charge is 2.11. The van der Waals surface area contributed by atoms with E-state index in [2.05, 4.69) is 45.3 Å². The Morgan fingerprint density at radius 2 is 1.86 bits per heavy atom. The lowest BCUT2D eigenvalue weighted by atomic mass is 10.0. The SMILES string of the molecule is Cc1cccc2c(NCc3ccncc3)cnc(N(C)C)c12. The smallest absolute Gasteiger partial charge is 0.136 e. The number of nitrogens with zero attached hydrogens (tertiary/aromatic N) is 3. The van der Waals surface area contributed by atoms with E-state index < -0.39 is 0 Å². The summed E-state index contributed by atoms with van der Waals surface area (Å²) in [5, 5.41) is 5.89. The predicted molar refractivity (Wildman–Crippen MR) is 92.4 cm³/mol. The van der Waals surface area contributed by atoms with Crippen LogP contribution in [0.25, 0.3) is 10.8 Å². The summed E-state index contributed by atoms with van der Waals surface area (Å²) in [5.74, 6) is 1.00. The molecule has 0 bridgehead atoms. The molecular formula is C18H20N4. The molecule has 0 saturated heterocycles. The average molecular weight is 292 g/mol. The largest absolute Gasteiger partial charge is 0.379 e. The zero-order valence-electron chi connectivity index (χ0n) is 13.2. The van der Waals surface area contributed by atoms with Crippen LogP contribution in [-0.2, 0) is 6.54 Å². The number of aromatic nitrogens is 2. The molecule has 0 radical (unpaired) electrons. The fourth-order valence-corrected chi connectivity index (χ4v) is 2.63. The molecule has 0 aliphatic heterocycles. The summed E-state index contributed by atoms with van der Waals surface area (Å²) in [6.45, 7) is 2.89. The van der Waals surface area contributed by atoms with Crippen molar-refractivity contribution in [3.63, 3.8) is 0 Å². The van der Waals surface area contributed by atoms with Crippen LogP contribution in [0.2, 0.25) is 0 Å². The lowest BCUT2D eigenvalue weighted by Gasteiger charge is -2.18. The normalized spacial score (nSPS) is 10.7. The second kappa shape index (κ2) is 6.02. The van der Waals surface area contributed by atoms with E-state index in [-0.39, 0.29) is 0 Å². The van der Waals surface area contributed by atoms with Crippen LogP contribution < -0.4 is 10.2 Å². The monoisotopic (exact) mass is 292 g/mol. The van der Waals surface area contributed by atoms with Gasteiger partial charge in [0.1, 0.15) is 5.82 Å². The van der Waals surface area contributed by atoms with Crippen LogP contribution in [0.3, 0.4) is 0 Å². The first kappa shape index (κ1) is 14.3. The number of nitrogens with one attached hydrogen (secondary N) is 1. The maximum Gasteiger partial charge on any atom is 0.136 e. The Labute approximate surface area is 130 Å². The summed E-state index contributed by atoms with van der Waals surface area (Å²) in [7, 11) is 4.05. The van der Waals surface area contributed by atoms with E-state index >= 15 is 0 Å². The molecule has 0 fully saturated rings. The van der Waals surface area contributed by atoms with Crippen LogP contribution in [0.15, 0.2) is 48.9 Å². The first-order valence-electron chi connectivity index (χ1n) is 7.35. The number of fused-ring (bicyclic) bond motifs is 1. The van der Waals surface area contributed by atoms with E-state index in [0.717, 1.165) is 18.1 Å². The number of hydrogen-bond acceptors (Lipinski definition) is 4. The average Bonchev–Trinajstić information content (AvgIpc) is 2.53. The molecule has 22 heavy (non-hydrogen) atoms. The summed E-state index contributed by atoms with van der Waals surface area (Å²) in [4.78, 5) is 10.7. The molecule has 0 aliphatic rings. The van der Waals surface area contributed by atoms with E-state index in [1.165, 1.54) is 21.9 Å². The minimum Gasteiger partial charge on any atom is -0.379 e. The molecule has 0 aliphatic carbocycles. The van der Waals surface area contributed by atoms with Gasteiger partial charge in [-0.25, -0.2) is 4.98 Å². The highest BCUT2D eigenvalue weighted by atomic mass is 15.1. The van der Waals surface area contributed by atoms with E-state index in [9.17, 15) is 0 Å². The summed E-state index contributed by atoms with van der Waals surface area (Å²) in [5.41, 5.74) is 3.50. The van der Waals surface area contributed by atoms with Gasteiger partial charge in [-0.15, -0.1) is 0 Å². The molecule has 2 heterocycles. The van der Waals surface area contributed by atoms with Gasteiger partial charge in [-0.05, 0) is 30.2 Å². The van der Waals surface area contributed by atoms with Crippen molar-refractivity contribution in [2.75, 3.05) is 24.3 Å². The Morgan fingerprint density at radius 3 is 2.59 bits per heavy atom. The van der Waals surface area contributed by atoms with Gasteiger partial charge < -0.3 is 10.2 Å². The third-order valence-electron chi connectivity index (χ3n) is 3.76. The summed E-state index contributed by atoms with van der Waals surface area (Å²) >= 11 is 0. The van der Waals surface area contributed by atoms with Gasteiger partial charge in [0, 0.05) is 43.8 Å². The predicted octanol–water partition coefficient (Wildman–Crippen LogP) is 3.62. The van der Waals surface area contributed by atoms with Gasteiger partial charge in [0.05, 0.1) is 11.9 Å². The van der Waals surface area contributed by atoms with Crippen molar-refractivity contribution in [3.05, 3.63) is 60.0 Å². The maximum atomic E-state index is 4.63. The fourth-order valence-electron chi connectivity index (χ4n) is 2.63. The molecule has 4 nitrogen and oxygen atoms in total. The Balaban J connectivity index is 2.01. The molecule has 3 aromatic rings. The second-order valence-corrected chi connectivity index (χ2v) is 5.60. The summed E-state index contributed by atoms with van der Waals surface area (Å²) < 4.78 is 0. The molecule has 0 atom stereocenters. The molecule has 1 aromatic carbocycles. The third kappa shape index (κ3) is 2.72. The standard InChI is InChI=1S/C18H20N4/c1-13-5-4-6-15-16(12-21-18(17(13)15)22(2)3)20-11-14-7-9-19-10-8-14/h4-10,12,20H,11H2,1-3H3. The van der Waals surface area contributed by atoms with E-state index in [1.54, 1.807) is 0 Å². The van der Waals surface area contributed by atoms with E-state index in [4.69, 9.17) is 0 Å². The molecule has 3 rings (SSSR count). The highest BCUT2D eigenvalue weighted by molar-refractivity contribution is 6.02. The van der Waals surface area contributed by atoms with Crippen LogP contribution in [0.4, 0.5) is 11.5 Å². The van der Waals surface area contributed by atoms with Crippen molar-refractivity contribution < 1.29 is 0 Å². The lowest BCUT2D eigenvalue weighted by molar-refractivity contribution is 1.07. The van der Waals surface area contributed by atoms with Crippen LogP contribution in [-0.4, -0.2) is 24.1 Å². The molecule has 0 saturated carbocycles. The van der Waals surface area contributed by atoms with Gasteiger partial charge in [-0.1, -0.05) is 18.2 Å². The van der Waals surface area contributed by atoms with Crippen LogP contribution in [0.1, 0.15) is 11.1 Å². The Bertz CT molecular complexity index is 782. The Morgan fingerprint density at radius 1 is 1.09 bits per heavy atom. The minimum absolute atomic E-state index is 0.758. The lowest BCUT2D eigenvalue weighted by Crippen LogP contribution is -2.12. The van der Waals surface area contributed by atoms with Crippen LogP contribution >= 0.6 is 0 Å². The van der Waals surface area contributed by atoms with Crippen LogP contribution in [0, 0.1) is 6.92 Å². The van der Waals surface area contributed by atoms with Gasteiger partial charge in [-0.3, -0.25) is 4.98 Å². The summed E-state index contributed by atoms with van der Waals surface area (Å²) in [6.07, 6.45) is 5.54. The molecule has 0 spiro atoms. The first-order chi connectivity index (χ1) is 10.7. The van der Waals surface area contributed by atoms with Crippen molar-refractivity contribution in [3.8, 4) is 0 Å². The Kier molecular flexibility index (Phi) is 3.92. The Hall–Kier alpha value is -2.62. The van der Waals surface area contributed by atoms with E-state index in [1.807, 2.05) is 44.8 Å². The van der Waals surface area contributed by atoms with Crippen LogP contribution in [0.5, 0.6) is 0 Å². The second-order valence-electron chi connectivity index (χ2n) is 5.60. The van der Waals surface area contributed by atoms with Gasteiger partial charge >= 0.3 is 0 Å². The molecule has 0 amide bonds. The number of aryl methyl sites for hydroxylation is 1.